The molecule has 0 bridgehead atoms. The zero-order chi connectivity index (χ0) is 16.7. The Balaban J connectivity index is 2.06. The van der Waals surface area contributed by atoms with Crippen molar-refractivity contribution in [3.05, 3.63) is 23.8 Å². The average molecular weight is 321 g/mol. The van der Waals surface area contributed by atoms with Gasteiger partial charge in [-0.2, -0.15) is 0 Å². The summed E-state index contributed by atoms with van der Waals surface area (Å²) in [4.78, 5) is 13.8. The van der Waals surface area contributed by atoms with Gasteiger partial charge in [-0.25, -0.2) is 0 Å². The molecule has 0 aliphatic carbocycles. The smallest absolute Gasteiger partial charge is 0.239 e. The van der Waals surface area contributed by atoms with Crippen molar-refractivity contribution in [2.75, 3.05) is 38.3 Å². The van der Waals surface area contributed by atoms with Crippen LogP contribution in [0.25, 0.3) is 0 Å². The zero-order valence-electron chi connectivity index (χ0n) is 13.8. The van der Waals surface area contributed by atoms with Gasteiger partial charge in [-0.1, -0.05) is 6.07 Å². The second kappa shape index (κ2) is 8.74. The van der Waals surface area contributed by atoms with E-state index in [0.717, 1.165) is 42.8 Å². The van der Waals surface area contributed by atoms with Crippen molar-refractivity contribution < 1.29 is 14.6 Å². The molecule has 0 saturated heterocycles. The molecule has 0 saturated carbocycles. The first-order valence-electron chi connectivity index (χ1n) is 8.21. The monoisotopic (exact) mass is 321 g/mol. The first kappa shape index (κ1) is 17.6. The Morgan fingerprint density at radius 3 is 2.96 bits per heavy atom. The minimum Gasteiger partial charge on any atom is -0.494 e. The Morgan fingerprint density at radius 1 is 1.39 bits per heavy atom. The molecule has 1 heterocycles. The van der Waals surface area contributed by atoms with E-state index in [2.05, 4.69) is 5.32 Å². The first-order valence-corrected chi connectivity index (χ1v) is 8.21. The van der Waals surface area contributed by atoms with E-state index in [9.17, 15) is 9.90 Å². The summed E-state index contributed by atoms with van der Waals surface area (Å²) >= 11 is 0. The summed E-state index contributed by atoms with van der Waals surface area (Å²) in [6.45, 7) is 1.59. The number of carbonyl (C=O) groups is 1. The van der Waals surface area contributed by atoms with E-state index in [0.29, 0.717) is 13.0 Å². The van der Waals surface area contributed by atoms with Gasteiger partial charge in [0.2, 0.25) is 5.91 Å². The normalized spacial score (nSPS) is 18.0. The quantitative estimate of drug-likeness (QED) is 0.642. The third kappa shape index (κ3) is 5.11. The topological polar surface area (TPSA) is 87.8 Å². The summed E-state index contributed by atoms with van der Waals surface area (Å²) in [5, 5.41) is 12.2. The molecule has 1 atom stereocenters. The van der Waals surface area contributed by atoms with Gasteiger partial charge in [-0.3, -0.25) is 4.79 Å². The number of fused-ring (bicyclic) bond motifs is 1. The molecule has 2 rings (SSSR count). The fourth-order valence-corrected chi connectivity index (χ4v) is 2.78. The van der Waals surface area contributed by atoms with Crippen LogP contribution >= 0.6 is 0 Å². The largest absolute Gasteiger partial charge is 0.494 e. The minimum absolute atomic E-state index is 0.0612. The number of likely N-dealkylation sites (N-methyl/N-ethyl adjacent to an activating group) is 1. The number of unbranched alkanes of at least 4 members (excludes halogenated alkanes) is 2. The van der Waals surface area contributed by atoms with Crippen molar-refractivity contribution in [1.29, 1.82) is 0 Å². The highest BCUT2D eigenvalue weighted by Crippen LogP contribution is 2.27. The number of rotatable bonds is 7. The predicted octanol–water partition coefficient (Wildman–Crippen LogP) is 0.664. The van der Waals surface area contributed by atoms with Gasteiger partial charge in [0.05, 0.1) is 25.8 Å². The van der Waals surface area contributed by atoms with Gasteiger partial charge in [0.1, 0.15) is 5.75 Å². The summed E-state index contributed by atoms with van der Waals surface area (Å²) in [5.41, 5.74) is 7.56. The van der Waals surface area contributed by atoms with Crippen LogP contribution < -0.4 is 20.7 Å². The van der Waals surface area contributed by atoms with Crippen LogP contribution in [-0.2, 0) is 11.2 Å². The maximum Gasteiger partial charge on any atom is 0.239 e. The summed E-state index contributed by atoms with van der Waals surface area (Å²) in [6, 6.07) is 5.71. The van der Waals surface area contributed by atoms with Crippen molar-refractivity contribution in [3.63, 3.8) is 0 Å². The number of aliphatic hydroxyl groups excluding tert-OH is 1. The van der Waals surface area contributed by atoms with Crippen LogP contribution in [0, 0.1) is 0 Å². The molecule has 23 heavy (non-hydrogen) atoms. The van der Waals surface area contributed by atoms with Crippen molar-refractivity contribution >= 4 is 11.6 Å². The fourth-order valence-electron chi connectivity index (χ4n) is 2.78. The van der Waals surface area contributed by atoms with Gasteiger partial charge in [0.15, 0.2) is 0 Å². The Hall–Kier alpha value is -1.79. The molecule has 6 nitrogen and oxygen atoms in total. The van der Waals surface area contributed by atoms with Gasteiger partial charge in [0, 0.05) is 18.8 Å². The number of benzene rings is 1. The fraction of sp³-hybridized carbons (Fsp3) is 0.588. The second-order valence-electron chi connectivity index (χ2n) is 6.00. The number of hydrogen-bond acceptors (Lipinski definition) is 5. The maximum atomic E-state index is 11.9. The summed E-state index contributed by atoms with van der Waals surface area (Å²) in [7, 11) is 1.89. The molecule has 1 amide bonds. The Morgan fingerprint density at radius 2 is 2.22 bits per heavy atom. The lowest BCUT2D eigenvalue weighted by Crippen LogP contribution is -2.46. The first-order chi connectivity index (χ1) is 11.1. The van der Waals surface area contributed by atoms with Gasteiger partial charge in [0.25, 0.3) is 0 Å². The van der Waals surface area contributed by atoms with E-state index < -0.39 is 0 Å². The molecule has 1 aliphatic heterocycles. The van der Waals surface area contributed by atoms with Crippen LogP contribution in [0.3, 0.4) is 0 Å². The number of carbonyl (C=O) groups excluding carboxylic acids is 1. The zero-order valence-corrected chi connectivity index (χ0v) is 13.8. The van der Waals surface area contributed by atoms with Crippen molar-refractivity contribution in [2.24, 2.45) is 5.73 Å². The molecule has 1 aliphatic rings. The summed E-state index contributed by atoms with van der Waals surface area (Å²) < 4.78 is 5.80. The average Bonchev–Trinajstić information content (AvgIpc) is 2.53. The number of aliphatic hydroxyl groups is 1. The van der Waals surface area contributed by atoms with Crippen LogP contribution in [-0.4, -0.2) is 50.4 Å². The molecule has 128 valence electrons. The molecule has 1 unspecified atom stereocenters. The van der Waals surface area contributed by atoms with Crippen molar-refractivity contribution in [1.82, 2.24) is 5.32 Å². The summed E-state index contributed by atoms with van der Waals surface area (Å²) in [5.74, 6) is 0.732. The molecular weight excluding hydrogens is 294 g/mol. The lowest BCUT2D eigenvalue weighted by Gasteiger charge is -2.28. The summed E-state index contributed by atoms with van der Waals surface area (Å²) in [6.07, 6.45) is 3.69. The van der Waals surface area contributed by atoms with Crippen molar-refractivity contribution in [2.45, 2.75) is 31.7 Å². The van der Waals surface area contributed by atoms with Crippen LogP contribution in [0.1, 0.15) is 24.8 Å². The second-order valence-corrected chi connectivity index (χ2v) is 6.00. The molecule has 0 aromatic heterocycles. The van der Waals surface area contributed by atoms with Gasteiger partial charge >= 0.3 is 0 Å². The Bertz CT molecular complexity index is 522. The highest BCUT2D eigenvalue weighted by molar-refractivity contribution is 5.82. The van der Waals surface area contributed by atoms with E-state index in [1.807, 2.05) is 30.1 Å². The lowest BCUT2D eigenvalue weighted by atomic mass is 10.0. The third-order valence-electron chi connectivity index (χ3n) is 4.02. The lowest BCUT2D eigenvalue weighted by molar-refractivity contribution is -0.120. The van der Waals surface area contributed by atoms with Crippen LogP contribution in [0.2, 0.25) is 0 Å². The Kier molecular flexibility index (Phi) is 6.67. The number of ether oxygens (including phenoxy) is 1. The van der Waals surface area contributed by atoms with E-state index >= 15 is 0 Å². The van der Waals surface area contributed by atoms with Crippen LogP contribution in [0.5, 0.6) is 5.75 Å². The molecule has 0 radical (unpaired) electrons. The highest BCUT2D eigenvalue weighted by atomic mass is 16.5. The van der Waals surface area contributed by atoms with Crippen LogP contribution in [0.15, 0.2) is 18.2 Å². The van der Waals surface area contributed by atoms with Gasteiger partial charge in [-0.05, 0) is 43.9 Å². The van der Waals surface area contributed by atoms with E-state index in [1.165, 1.54) is 0 Å². The molecule has 1 aromatic rings. The number of anilines is 1. The van der Waals surface area contributed by atoms with Gasteiger partial charge in [-0.15, -0.1) is 0 Å². The number of hydrogen-bond donors (Lipinski definition) is 3. The SMILES string of the molecule is CN1CC(=O)NC(CO)Cc2ccc(OCCCCCN)cc21. The van der Waals surface area contributed by atoms with E-state index in [4.69, 9.17) is 10.5 Å². The number of nitrogens with zero attached hydrogens (tertiary/aromatic N) is 1. The third-order valence-corrected chi connectivity index (χ3v) is 4.02. The number of nitrogens with one attached hydrogen (secondary N) is 1. The predicted molar refractivity (Wildman–Crippen MR) is 90.8 cm³/mol. The molecule has 6 heteroatoms. The van der Waals surface area contributed by atoms with E-state index in [-0.39, 0.29) is 25.1 Å². The van der Waals surface area contributed by atoms with E-state index in [1.54, 1.807) is 0 Å². The molecule has 0 fully saturated rings. The standard InChI is InChI=1S/C17H27N3O3/c1-20-11-17(22)19-14(12-21)9-13-5-6-15(10-16(13)20)23-8-4-2-3-7-18/h5-6,10,14,21H,2-4,7-9,11-12,18H2,1H3,(H,19,22). The molecule has 1 aromatic carbocycles. The molecule has 4 N–H and O–H groups in total. The van der Waals surface area contributed by atoms with Gasteiger partial charge < -0.3 is 25.8 Å². The maximum absolute atomic E-state index is 11.9. The molecular formula is C17H27N3O3. The Labute approximate surface area is 137 Å². The minimum atomic E-state index is -0.238. The number of amides is 1. The number of nitrogens with two attached hydrogens (primary N) is 1. The molecule has 0 spiro atoms. The van der Waals surface area contributed by atoms with Crippen LogP contribution in [0.4, 0.5) is 5.69 Å². The highest BCUT2D eigenvalue weighted by Gasteiger charge is 2.21. The van der Waals surface area contributed by atoms with Crippen molar-refractivity contribution in [3.8, 4) is 5.75 Å².